The van der Waals surface area contributed by atoms with Gasteiger partial charge in [0.2, 0.25) is 0 Å². The third kappa shape index (κ3) is 5.32. The van der Waals surface area contributed by atoms with E-state index < -0.39 is 0 Å². The van der Waals surface area contributed by atoms with Gasteiger partial charge in [-0.3, -0.25) is 4.79 Å². The van der Waals surface area contributed by atoms with Crippen LogP contribution in [0.2, 0.25) is 0 Å². The number of nitrogens with zero attached hydrogens (tertiary/aromatic N) is 2. The summed E-state index contributed by atoms with van der Waals surface area (Å²) in [5.41, 5.74) is 5.31. The summed E-state index contributed by atoms with van der Waals surface area (Å²) < 4.78 is 0. The normalized spacial score (nSPS) is 13.5. The van der Waals surface area contributed by atoms with Crippen LogP contribution < -0.4 is 10.6 Å². The van der Waals surface area contributed by atoms with Crippen molar-refractivity contribution in [3.8, 4) is 5.75 Å². The van der Waals surface area contributed by atoms with Gasteiger partial charge in [-0.2, -0.15) is 0 Å². The number of carbonyl (C=O) groups excluding carboxylic acids is 1. The van der Waals surface area contributed by atoms with Gasteiger partial charge in [-0.05, 0) is 67.5 Å². The quantitative estimate of drug-likeness (QED) is 0.507. The van der Waals surface area contributed by atoms with Crippen LogP contribution in [0.4, 0.5) is 0 Å². The highest BCUT2D eigenvalue weighted by atomic mass is 16.3. The molecule has 2 aromatic rings. The van der Waals surface area contributed by atoms with Crippen molar-refractivity contribution in [2.75, 3.05) is 20.6 Å². The van der Waals surface area contributed by atoms with Gasteiger partial charge in [0, 0.05) is 38.3 Å². The number of phenols is 1. The molecule has 0 aromatic heterocycles. The predicted octanol–water partition coefficient (Wildman–Crippen LogP) is 3.23. The Labute approximate surface area is 179 Å². The molecule has 6 heteroatoms. The second kappa shape index (κ2) is 10.1. The van der Waals surface area contributed by atoms with E-state index in [1.807, 2.05) is 37.3 Å². The molecule has 0 aliphatic heterocycles. The van der Waals surface area contributed by atoms with Gasteiger partial charge < -0.3 is 20.6 Å². The Balaban J connectivity index is 1.68. The Hall–Kier alpha value is -3.02. The molecule has 2 aromatic carbocycles. The van der Waals surface area contributed by atoms with Crippen LogP contribution in [0, 0.1) is 0 Å². The SMILES string of the molecule is CCNC(=NCc1ccc(C(=O)N(C)C)cc1)NCc1c(O)ccc2c1CCCC2. The number of aliphatic imine (C=N–C) groups is 1. The number of phenolic OH excluding ortho intramolecular Hbond substituents is 1. The van der Waals surface area contributed by atoms with Crippen LogP contribution in [-0.2, 0) is 25.9 Å². The number of benzene rings is 2. The summed E-state index contributed by atoms with van der Waals surface area (Å²) in [4.78, 5) is 18.2. The van der Waals surface area contributed by atoms with Crippen molar-refractivity contribution < 1.29 is 9.90 Å². The maximum absolute atomic E-state index is 12.0. The fraction of sp³-hybridized carbons (Fsp3) is 0.417. The summed E-state index contributed by atoms with van der Waals surface area (Å²) in [6, 6.07) is 11.4. The number of rotatable bonds is 6. The third-order valence-corrected chi connectivity index (χ3v) is 5.43. The zero-order valence-electron chi connectivity index (χ0n) is 18.2. The zero-order valence-corrected chi connectivity index (χ0v) is 18.2. The van der Waals surface area contributed by atoms with E-state index in [-0.39, 0.29) is 5.91 Å². The Morgan fingerprint density at radius 2 is 1.80 bits per heavy atom. The van der Waals surface area contributed by atoms with Crippen molar-refractivity contribution in [1.29, 1.82) is 0 Å². The van der Waals surface area contributed by atoms with E-state index in [0.717, 1.165) is 30.5 Å². The number of fused-ring (bicyclic) bond motifs is 1. The van der Waals surface area contributed by atoms with Crippen LogP contribution in [0.3, 0.4) is 0 Å². The highest BCUT2D eigenvalue weighted by Gasteiger charge is 2.16. The minimum absolute atomic E-state index is 0.00828. The van der Waals surface area contributed by atoms with Crippen LogP contribution in [0.15, 0.2) is 41.4 Å². The van der Waals surface area contributed by atoms with Crippen molar-refractivity contribution in [3.05, 3.63) is 64.2 Å². The van der Waals surface area contributed by atoms with Crippen LogP contribution in [0.1, 0.15) is 52.4 Å². The second-order valence-corrected chi connectivity index (χ2v) is 7.85. The largest absolute Gasteiger partial charge is 0.508 e. The van der Waals surface area contributed by atoms with E-state index >= 15 is 0 Å². The molecule has 0 atom stereocenters. The first-order valence-corrected chi connectivity index (χ1v) is 10.6. The van der Waals surface area contributed by atoms with E-state index in [9.17, 15) is 9.90 Å². The van der Waals surface area contributed by atoms with Gasteiger partial charge in [0.25, 0.3) is 5.91 Å². The third-order valence-electron chi connectivity index (χ3n) is 5.43. The maximum atomic E-state index is 12.0. The van der Waals surface area contributed by atoms with Crippen molar-refractivity contribution in [2.24, 2.45) is 4.99 Å². The molecule has 0 saturated heterocycles. The van der Waals surface area contributed by atoms with Gasteiger partial charge in [0.1, 0.15) is 5.75 Å². The molecule has 160 valence electrons. The molecule has 0 saturated carbocycles. The summed E-state index contributed by atoms with van der Waals surface area (Å²) >= 11 is 0. The molecule has 1 aliphatic rings. The van der Waals surface area contributed by atoms with Crippen molar-refractivity contribution >= 4 is 11.9 Å². The molecule has 0 spiro atoms. The van der Waals surface area contributed by atoms with E-state index in [4.69, 9.17) is 0 Å². The van der Waals surface area contributed by atoms with Crippen molar-refractivity contribution in [1.82, 2.24) is 15.5 Å². The summed E-state index contributed by atoms with van der Waals surface area (Å²) in [6.07, 6.45) is 4.49. The zero-order chi connectivity index (χ0) is 21.5. The molecule has 1 aliphatic carbocycles. The smallest absolute Gasteiger partial charge is 0.253 e. The van der Waals surface area contributed by atoms with Gasteiger partial charge in [-0.1, -0.05) is 18.2 Å². The lowest BCUT2D eigenvalue weighted by Gasteiger charge is -2.21. The monoisotopic (exact) mass is 408 g/mol. The predicted molar refractivity (Wildman–Crippen MR) is 121 cm³/mol. The van der Waals surface area contributed by atoms with E-state index in [0.29, 0.717) is 30.4 Å². The highest BCUT2D eigenvalue weighted by Crippen LogP contribution is 2.30. The average molecular weight is 409 g/mol. The lowest BCUT2D eigenvalue weighted by Crippen LogP contribution is -2.37. The standard InChI is InChI=1S/C24H32N4O2/c1-4-25-24(26-15-17-9-11-19(12-10-17)23(30)28(2)3)27-16-21-20-8-6-5-7-18(20)13-14-22(21)29/h9-14,29H,4-8,15-16H2,1-3H3,(H2,25,26,27). The fourth-order valence-electron chi connectivity index (χ4n) is 3.78. The van der Waals surface area contributed by atoms with E-state index in [1.165, 1.54) is 24.0 Å². The molecule has 0 bridgehead atoms. The van der Waals surface area contributed by atoms with Crippen LogP contribution in [-0.4, -0.2) is 42.5 Å². The van der Waals surface area contributed by atoms with Crippen molar-refractivity contribution in [3.63, 3.8) is 0 Å². The Morgan fingerprint density at radius 3 is 2.50 bits per heavy atom. The molecule has 3 rings (SSSR count). The van der Waals surface area contributed by atoms with Crippen LogP contribution in [0.25, 0.3) is 0 Å². The average Bonchev–Trinajstić information content (AvgIpc) is 2.76. The molecule has 0 radical (unpaired) electrons. The maximum Gasteiger partial charge on any atom is 0.253 e. The second-order valence-electron chi connectivity index (χ2n) is 7.85. The first kappa shape index (κ1) is 21.7. The molecular weight excluding hydrogens is 376 g/mol. The summed E-state index contributed by atoms with van der Waals surface area (Å²) in [7, 11) is 3.49. The van der Waals surface area contributed by atoms with Crippen LogP contribution in [0.5, 0.6) is 5.75 Å². The highest BCUT2D eigenvalue weighted by molar-refractivity contribution is 5.93. The van der Waals surface area contributed by atoms with Gasteiger partial charge in [0.15, 0.2) is 5.96 Å². The molecule has 0 unspecified atom stereocenters. The van der Waals surface area contributed by atoms with Crippen molar-refractivity contribution in [2.45, 2.75) is 45.7 Å². The first-order chi connectivity index (χ1) is 14.5. The van der Waals surface area contributed by atoms with E-state index in [2.05, 4.69) is 21.7 Å². The van der Waals surface area contributed by atoms with Gasteiger partial charge in [-0.25, -0.2) is 4.99 Å². The number of nitrogens with one attached hydrogen (secondary N) is 2. The Bertz CT molecular complexity index is 904. The number of aryl methyl sites for hydroxylation is 1. The van der Waals surface area contributed by atoms with Gasteiger partial charge in [0.05, 0.1) is 6.54 Å². The lowest BCUT2D eigenvalue weighted by atomic mass is 9.88. The van der Waals surface area contributed by atoms with Crippen LogP contribution >= 0.6 is 0 Å². The number of amides is 1. The number of aromatic hydroxyl groups is 1. The Kier molecular flexibility index (Phi) is 7.33. The summed E-state index contributed by atoms with van der Waals surface area (Å²) in [6.45, 7) is 3.82. The van der Waals surface area contributed by atoms with E-state index in [1.54, 1.807) is 19.0 Å². The minimum Gasteiger partial charge on any atom is -0.508 e. The number of hydrogen-bond donors (Lipinski definition) is 3. The fourth-order valence-corrected chi connectivity index (χ4v) is 3.78. The topological polar surface area (TPSA) is 77.0 Å². The number of guanidine groups is 1. The molecule has 1 amide bonds. The Morgan fingerprint density at radius 1 is 1.07 bits per heavy atom. The first-order valence-electron chi connectivity index (χ1n) is 10.6. The summed E-state index contributed by atoms with van der Waals surface area (Å²) in [5.74, 6) is 1.05. The number of hydrogen-bond acceptors (Lipinski definition) is 3. The summed E-state index contributed by atoms with van der Waals surface area (Å²) in [5, 5.41) is 17.0. The molecule has 3 N–H and O–H groups in total. The minimum atomic E-state index is -0.00828. The molecule has 0 fully saturated rings. The molecule has 30 heavy (non-hydrogen) atoms. The van der Waals surface area contributed by atoms with Gasteiger partial charge in [-0.15, -0.1) is 0 Å². The van der Waals surface area contributed by atoms with Gasteiger partial charge >= 0.3 is 0 Å². The molecular formula is C24H32N4O2. The lowest BCUT2D eigenvalue weighted by molar-refractivity contribution is 0.0827. The molecule has 0 heterocycles. The number of carbonyl (C=O) groups is 1. The molecule has 6 nitrogen and oxygen atoms in total.